The lowest BCUT2D eigenvalue weighted by atomic mass is 9.72. The Labute approximate surface area is 218 Å². The van der Waals surface area contributed by atoms with Gasteiger partial charge < -0.3 is 18.9 Å². The van der Waals surface area contributed by atoms with Gasteiger partial charge in [-0.25, -0.2) is 0 Å². The standard InChI is InChI=1S/C33H32O4/c1-33(2,31-9-5-3-7-29(31)23-11-15-25(16-12-23)34-19-27-21-36-27)32-10-6-4-8-30(32)24-13-17-26(18-14-24)35-20-28-22-37-28/h3-18,27-28H,19-22H2,1-2H3. The van der Waals surface area contributed by atoms with Crippen molar-refractivity contribution in [1.29, 1.82) is 0 Å². The van der Waals surface area contributed by atoms with Crippen LogP contribution in [0.1, 0.15) is 25.0 Å². The smallest absolute Gasteiger partial charge is 0.119 e. The molecule has 0 aliphatic carbocycles. The van der Waals surface area contributed by atoms with Crippen LogP contribution in [0, 0.1) is 0 Å². The number of epoxide rings is 2. The molecule has 4 heteroatoms. The molecule has 0 spiro atoms. The average Bonchev–Trinajstić information content (AvgIpc) is 3.87. The van der Waals surface area contributed by atoms with Crippen molar-refractivity contribution in [2.45, 2.75) is 31.5 Å². The molecule has 0 amide bonds. The van der Waals surface area contributed by atoms with E-state index in [0.717, 1.165) is 24.7 Å². The zero-order valence-corrected chi connectivity index (χ0v) is 21.4. The molecule has 2 unspecified atom stereocenters. The first-order valence-electron chi connectivity index (χ1n) is 13.0. The van der Waals surface area contributed by atoms with Gasteiger partial charge in [-0.05, 0) is 57.6 Å². The van der Waals surface area contributed by atoms with E-state index < -0.39 is 0 Å². The molecule has 0 N–H and O–H groups in total. The third kappa shape index (κ3) is 5.41. The lowest BCUT2D eigenvalue weighted by Gasteiger charge is -2.31. The highest BCUT2D eigenvalue weighted by molar-refractivity contribution is 5.75. The van der Waals surface area contributed by atoms with Crippen molar-refractivity contribution in [1.82, 2.24) is 0 Å². The monoisotopic (exact) mass is 492 g/mol. The molecule has 2 atom stereocenters. The van der Waals surface area contributed by atoms with E-state index in [-0.39, 0.29) is 17.6 Å². The highest BCUT2D eigenvalue weighted by Gasteiger charge is 2.29. The van der Waals surface area contributed by atoms with Crippen molar-refractivity contribution in [3.63, 3.8) is 0 Å². The minimum atomic E-state index is -0.232. The Kier molecular flexibility index (Phi) is 6.45. The van der Waals surface area contributed by atoms with Crippen LogP contribution >= 0.6 is 0 Å². The highest BCUT2D eigenvalue weighted by Crippen LogP contribution is 2.42. The molecule has 188 valence electrons. The van der Waals surface area contributed by atoms with Crippen LogP contribution in [0.5, 0.6) is 11.5 Å². The number of hydrogen-bond acceptors (Lipinski definition) is 4. The van der Waals surface area contributed by atoms with Crippen molar-refractivity contribution < 1.29 is 18.9 Å². The Balaban J connectivity index is 1.29. The maximum Gasteiger partial charge on any atom is 0.119 e. The number of benzene rings is 4. The molecule has 0 saturated carbocycles. The molecule has 0 bridgehead atoms. The second kappa shape index (κ2) is 10.0. The summed E-state index contributed by atoms with van der Waals surface area (Å²) in [5.74, 6) is 1.75. The van der Waals surface area contributed by atoms with Crippen LogP contribution in [0.4, 0.5) is 0 Å². The molecule has 2 saturated heterocycles. The van der Waals surface area contributed by atoms with E-state index in [1.807, 2.05) is 0 Å². The fourth-order valence-corrected chi connectivity index (χ4v) is 4.87. The maximum atomic E-state index is 5.85. The topological polar surface area (TPSA) is 43.5 Å². The van der Waals surface area contributed by atoms with Crippen LogP contribution in [0.3, 0.4) is 0 Å². The summed E-state index contributed by atoms with van der Waals surface area (Å²) < 4.78 is 22.2. The fourth-order valence-electron chi connectivity index (χ4n) is 4.87. The minimum Gasteiger partial charge on any atom is -0.491 e. The van der Waals surface area contributed by atoms with Gasteiger partial charge in [0.05, 0.1) is 13.2 Å². The molecule has 4 aromatic carbocycles. The SMILES string of the molecule is CC(C)(c1ccccc1-c1ccc(OCC2CO2)cc1)c1ccccc1-c1ccc(OCC2CO2)cc1. The van der Waals surface area contributed by atoms with E-state index in [0.29, 0.717) is 13.2 Å². The maximum absolute atomic E-state index is 5.85. The Bertz CT molecular complexity index is 1240. The van der Waals surface area contributed by atoms with E-state index in [1.165, 1.54) is 33.4 Å². The summed E-state index contributed by atoms with van der Waals surface area (Å²) in [4.78, 5) is 0. The zero-order valence-electron chi connectivity index (χ0n) is 21.4. The Morgan fingerprint density at radius 2 is 0.973 bits per heavy atom. The summed E-state index contributed by atoms with van der Waals surface area (Å²) in [6.07, 6.45) is 0.504. The molecule has 4 nitrogen and oxygen atoms in total. The summed E-state index contributed by atoms with van der Waals surface area (Å²) >= 11 is 0. The lowest BCUT2D eigenvalue weighted by molar-refractivity contribution is 0.263. The molecule has 0 aromatic heterocycles. The van der Waals surface area contributed by atoms with Crippen LogP contribution in [-0.2, 0) is 14.9 Å². The second-order valence-corrected chi connectivity index (χ2v) is 10.3. The van der Waals surface area contributed by atoms with Crippen LogP contribution < -0.4 is 9.47 Å². The van der Waals surface area contributed by atoms with Crippen LogP contribution in [0.15, 0.2) is 97.1 Å². The number of ether oxygens (including phenoxy) is 4. The number of hydrogen-bond donors (Lipinski definition) is 0. The van der Waals surface area contributed by atoms with Crippen LogP contribution in [0.25, 0.3) is 22.3 Å². The summed E-state index contributed by atoms with van der Waals surface area (Å²) in [7, 11) is 0. The molecule has 37 heavy (non-hydrogen) atoms. The largest absolute Gasteiger partial charge is 0.491 e. The Morgan fingerprint density at radius 1 is 0.595 bits per heavy atom. The molecule has 2 heterocycles. The first-order valence-corrected chi connectivity index (χ1v) is 13.0. The van der Waals surface area contributed by atoms with E-state index in [1.54, 1.807) is 0 Å². The normalized spacial score (nSPS) is 18.3. The molecule has 0 radical (unpaired) electrons. The van der Waals surface area contributed by atoms with Gasteiger partial charge in [0.15, 0.2) is 0 Å². The second-order valence-electron chi connectivity index (χ2n) is 10.3. The first-order chi connectivity index (χ1) is 18.1. The lowest BCUT2D eigenvalue weighted by Crippen LogP contribution is -2.21. The van der Waals surface area contributed by atoms with Gasteiger partial charge in [0, 0.05) is 5.41 Å². The molecule has 2 fully saturated rings. The van der Waals surface area contributed by atoms with Crippen molar-refractivity contribution in [2.75, 3.05) is 26.4 Å². The van der Waals surface area contributed by atoms with Crippen LogP contribution in [0.2, 0.25) is 0 Å². The first kappa shape index (κ1) is 23.8. The summed E-state index contributed by atoms with van der Waals surface area (Å²) in [5.41, 5.74) is 7.15. The van der Waals surface area contributed by atoms with Crippen molar-refractivity contribution >= 4 is 0 Å². The zero-order chi connectivity index (χ0) is 25.2. The Hall–Kier alpha value is -3.60. The third-order valence-electron chi connectivity index (χ3n) is 7.21. The number of rotatable bonds is 10. The van der Waals surface area contributed by atoms with Crippen molar-refractivity contribution in [3.8, 4) is 33.8 Å². The van der Waals surface area contributed by atoms with E-state index in [4.69, 9.17) is 18.9 Å². The summed E-state index contributed by atoms with van der Waals surface area (Å²) in [5, 5.41) is 0. The van der Waals surface area contributed by atoms with Crippen molar-refractivity contribution in [2.24, 2.45) is 0 Å². The summed E-state index contributed by atoms with van der Waals surface area (Å²) in [6.45, 7) is 7.45. The molecule has 4 aromatic rings. The van der Waals surface area contributed by atoms with E-state index >= 15 is 0 Å². The molecular formula is C33H32O4. The quantitative estimate of drug-likeness (QED) is 0.226. The van der Waals surface area contributed by atoms with Crippen LogP contribution in [-0.4, -0.2) is 38.6 Å². The van der Waals surface area contributed by atoms with Gasteiger partial charge in [-0.3, -0.25) is 0 Å². The van der Waals surface area contributed by atoms with Gasteiger partial charge in [0.25, 0.3) is 0 Å². The molecule has 2 aliphatic rings. The van der Waals surface area contributed by atoms with Gasteiger partial charge in [-0.15, -0.1) is 0 Å². The van der Waals surface area contributed by atoms with Crippen molar-refractivity contribution in [3.05, 3.63) is 108 Å². The van der Waals surface area contributed by atoms with Gasteiger partial charge in [-0.1, -0.05) is 86.6 Å². The van der Waals surface area contributed by atoms with E-state index in [2.05, 4.69) is 111 Å². The fraction of sp³-hybridized carbons (Fsp3) is 0.273. The van der Waals surface area contributed by atoms with Gasteiger partial charge in [0.2, 0.25) is 0 Å². The van der Waals surface area contributed by atoms with Gasteiger partial charge >= 0.3 is 0 Å². The molecule has 2 aliphatic heterocycles. The average molecular weight is 493 g/mol. The summed E-state index contributed by atoms with van der Waals surface area (Å²) in [6, 6.07) is 34.2. The Morgan fingerprint density at radius 3 is 1.35 bits per heavy atom. The predicted octanol–water partition coefficient (Wildman–Crippen LogP) is 6.90. The predicted molar refractivity (Wildman–Crippen MR) is 146 cm³/mol. The van der Waals surface area contributed by atoms with E-state index in [9.17, 15) is 0 Å². The van der Waals surface area contributed by atoms with Gasteiger partial charge in [-0.2, -0.15) is 0 Å². The molecule has 6 rings (SSSR count). The highest BCUT2D eigenvalue weighted by atomic mass is 16.6. The molecular weight excluding hydrogens is 460 g/mol. The minimum absolute atomic E-state index is 0.232. The van der Waals surface area contributed by atoms with Gasteiger partial charge in [0.1, 0.15) is 36.9 Å². The third-order valence-corrected chi connectivity index (χ3v) is 7.21.